The van der Waals surface area contributed by atoms with Crippen molar-refractivity contribution in [2.24, 2.45) is 11.8 Å². The zero-order chi connectivity index (χ0) is 40.5. The first-order chi connectivity index (χ1) is 28.3. The van der Waals surface area contributed by atoms with Crippen LogP contribution in [-0.4, -0.2) is 42.0 Å². The number of nitrogens with zero attached hydrogens (tertiary/aromatic N) is 1. The molecule has 0 saturated heterocycles. The lowest BCUT2D eigenvalue weighted by atomic mass is 9.93. The van der Waals surface area contributed by atoms with E-state index in [0.29, 0.717) is 19.4 Å². The van der Waals surface area contributed by atoms with Gasteiger partial charge in [0.15, 0.2) is 0 Å². The maximum atomic E-state index is 14.3. The third-order valence-electron chi connectivity index (χ3n) is 10.0. The maximum Gasteiger partial charge on any atom is 0.329 e. The average Bonchev–Trinajstić information content (AvgIpc) is 3.27. The van der Waals surface area contributed by atoms with Crippen molar-refractivity contribution < 1.29 is 23.9 Å². The van der Waals surface area contributed by atoms with Crippen LogP contribution < -0.4 is 5.32 Å². The zero-order valence-electron chi connectivity index (χ0n) is 33.3. The van der Waals surface area contributed by atoms with Gasteiger partial charge in [0.05, 0.1) is 5.92 Å². The summed E-state index contributed by atoms with van der Waals surface area (Å²) in [5, 5.41) is 3.02. The van der Waals surface area contributed by atoms with Crippen LogP contribution in [0.2, 0.25) is 0 Å². The molecule has 1 unspecified atom stereocenters. The third-order valence-corrected chi connectivity index (χ3v) is 10.0. The molecular formula is C51H52N2O5. The maximum absolute atomic E-state index is 14.3. The van der Waals surface area contributed by atoms with E-state index in [0.717, 1.165) is 44.5 Å². The van der Waals surface area contributed by atoms with Crippen LogP contribution in [0, 0.1) is 11.8 Å². The van der Waals surface area contributed by atoms with Crippen molar-refractivity contribution in [1.82, 2.24) is 10.2 Å². The summed E-state index contributed by atoms with van der Waals surface area (Å²) < 4.78 is 11.7. The fourth-order valence-electron chi connectivity index (χ4n) is 6.99. The number of nitrogens with one attached hydrogen (secondary N) is 1. The molecule has 0 fully saturated rings. The van der Waals surface area contributed by atoms with Crippen LogP contribution in [0.4, 0.5) is 4.79 Å². The molecule has 6 aromatic carbocycles. The molecule has 6 aromatic rings. The van der Waals surface area contributed by atoms with Crippen LogP contribution in [0.5, 0.6) is 0 Å². The molecule has 0 aliphatic heterocycles. The highest BCUT2D eigenvalue weighted by Gasteiger charge is 2.30. The third kappa shape index (κ3) is 12.3. The Bertz CT molecular complexity index is 2180. The number of carbonyl (C=O) groups is 3. The van der Waals surface area contributed by atoms with E-state index in [9.17, 15) is 14.4 Å². The predicted octanol–water partition coefficient (Wildman–Crippen LogP) is 10.3. The molecule has 2 atom stereocenters. The Morgan fingerprint density at radius 3 is 1.52 bits per heavy atom. The number of esters is 2. The van der Waals surface area contributed by atoms with Crippen molar-refractivity contribution in [1.29, 1.82) is 0 Å². The van der Waals surface area contributed by atoms with E-state index in [1.165, 1.54) is 0 Å². The Morgan fingerprint density at radius 1 is 0.517 bits per heavy atom. The zero-order valence-corrected chi connectivity index (χ0v) is 33.3. The van der Waals surface area contributed by atoms with Gasteiger partial charge in [-0.25, -0.2) is 9.59 Å². The summed E-state index contributed by atoms with van der Waals surface area (Å²) in [6, 6.07) is 54.3. The number of hydrogen-bond donors (Lipinski definition) is 1. The molecule has 7 nitrogen and oxygen atoms in total. The number of benzene rings is 6. The molecule has 0 spiro atoms. The Morgan fingerprint density at radius 2 is 0.983 bits per heavy atom. The van der Waals surface area contributed by atoms with Crippen molar-refractivity contribution in [2.45, 2.75) is 52.4 Å². The molecule has 0 saturated carbocycles. The highest BCUT2D eigenvalue weighted by molar-refractivity contribution is 5.85. The molecule has 0 bridgehead atoms. The minimum Gasteiger partial charge on any atom is -0.461 e. The molecule has 0 aliphatic carbocycles. The number of rotatable bonds is 18. The molecular weight excluding hydrogens is 721 g/mol. The highest BCUT2D eigenvalue weighted by atomic mass is 16.5. The fraction of sp³-hybridized carbons (Fsp3) is 0.235. The Labute approximate surface area is 342 Å². The predicted molar refractivity (Wildman–Crippen MR) is 230 cm³/mol. The van der Waals surface area contributed by atoms with Gasteiger partial charge in [-0.2, -0.15) is 0 Å². The highest BCUT2D eigenvalue weighted by Crippen LogP contribution is 2.32. The van der Waals surface area contributed by atoms with Gasteiger partial charge in [0, 0.05) is 19.5 Å². The van der Waals surface area contributed by atoms with Crippen LogP contribution in [0.1, 0.15) is 42.5 Å². The molecule has 0 heterocycles. The minimum absolute atomic E-state index is 0.0752. The lowest BCUT2D eigenvalue weighted by Crippen LogP contribution is -2.52. The SMILES string of the molecule is CC(C)CN(CC(CCc1ccccc1)C(=O)OCc1ccccc1)C(=O)N[C@@H](Cc1ccc(-c2ccccc2-c2ccccc2)cc1)C(=O)OCc1ccccc1. The van der Waals surface area contributed by atoms with Crippen molar-refractivity contribution in [3.63, 3.8) is 0 Å². The van der Waals surface area contributed by atoms with E-state index >= 15 is 0 Å². The molecule has 0 radical (unpaired) electrons. The molecule has 296 valence electrons. The summed E-state index contributed by atoms with van der Waals surface area (Å²) in [6.45, 7) is 4.77. The minimum atomic E-state index is -0.985. The second kappa shape index (κ2) is 21.2. The first-order valence-electron chi connectivity index (χ1n) is 20.1. The molecule has 0 aromatic heterocycles. The van der Waals surface area contributed by atoms with Gasteiger partial charge in [-0.15, -0.1) is 0 Å². The van der Waals surface area contributed by atoms with E-state index in [2.05, 4.69) is 41.7 Å². The smallest absolute Gasteiger partial charge is 0.329 e. The Balaban J connectivity index is 1.21. The monoisotopic (exact) mass is 772 g/mol. The number of hydrogen-bond acceptors (Lipinski definition) is 5. The van der Waals surface area contributed by atoms with Gasteiger partial charge < -0.3 is 19.7 Å². The summed E-state index contributed by atoms with van der Waals surface area (Å²) in [5.41, 5.74) is 8.09. The van der Waals surface area contributed by atoms with Gasteiger partial charge in [-0.1, -0.05) is 184 Å². The normalized spacial score (nSPS) is 12.0. The van der Waals surface area contributed by atoms with Gasteiger partial charge in [0.2, 0.25) is 0 Å². The summed E-state index contributed by atoms with van der Waals surface area (Å²) in [4.78, 5) is 43.6. The van der Waals surface area contributed by atoms with Crippen LogP contribution >= 0.6 is 0 Å². The second-order valence-electron chi connectivity index (χ2n) is 15.0. The van der Waals surface area contributed by atoms with Crippen LogP contribution in [0.3, 0.4) is 0 Å². The van der Waals surface area contributed by atoms with Crippen molar-refractivity contribution in [3.8, 4) is 22.3 Å². The lowest BCUT2D eigenvalue weighted by Gasteiger charge is -2.30. The van der Waals surface area contributed by atoms with Gasteiger partial charge >= 0.3 is 18.0 Å². The van der Waals surface area contributed by atoms with E-state index in [-0.39, 0.29) is 38.1 Å². The van der Waals surface area contributed by atoms with E-state index in [4.69, 9.17) is 9.47 Å². The Hall–Kier alpha value is -6.47. The quantitative estimate of drug-likeness (QED) is 0.0880. The molecule has 1 N–H and O–H groups in total. The van der Waals surface area contributed by atoms with Gasteiger partial charge in [0.1, 0.15) is 19.3 Å². The van der Waals surface area contributed by atoms with Gasteiger partial charge in [-0.3, -0.25) is 4.79 Å². The van der Waals surface area contributed by atoms with Crippen LogP contribution in [0.25, 0.3) is 22.3 Å². The summed E-state index contributed by atoms with van der Waals surface area (Å²) in [5.74, 6) is -1.41. The Kier molecular flexibility index (Phi) is 15.0. The average molecular weight is 773 g/mol. The number of urea groups is 1. The first-order valence-corrected chi connectivity index (χ1v) is 20.1. The summed E-state index contributed by atoms with van der Waals surface area (Å²) in [7, 11) is 0. The largest absolute Gasteiger partial charge is 0.461 e. The number of carbonyl (C=O) groups excluding carboxylic acids is 3. The standard InChI is InChI=1S/C51H52N2O5/c1-38(2)34-53(35-45(32-27-39-17-7-3-8-18-39)49(54)57-36-41-19-9-4-10-20-41)51(56)52-48(50(55)58-37-42-21-11-5-12-22-42)33-40-28-30-44(31-29-40)47-26-16-15-25-46(47)43-23-13-6-14-24-43/h3-26,28-31,38,45,48H,27,32-37H2,1-2H3,(H,52,56)/t45?,48-/m0/s1. The molecule has 7 heteroatoms. The fourth-order valence-corrected chi connectivity index (χ4v) is 6.99. The first kappa shape index (κ1) is 41.2. The number of amides is 2. The summed E-state index contributed by atoms with van der Waals surface area (Å²) >= 11 is 0. The van der Waals surface area contributed by atoms with Gasteiger partial charge in [-0.05, 0) is 63.3 Å². The molecule has 2 amide bonds. The van der Waals surface area contributed by atoms with Crippen molar-refractivity contribution in [2.75, 3.05) is 13.1 Å². The van der Waals surface area contributed by atoms with E-state index < -0.39 is 24.0 Å². The number of ether oxygens (including phenoxy) is 2. The number of aryl methyl sites for hydroxylation is 1. The molecule has 0 aliphatic rings. The lowest BCUT2D eigenvalue weighted by molar-refractivity contribution is -0.151. The van der Waals surface area contributed by atoms with E-state index in [1.807, 2.05) is 147 Å². The topological polar surface area (TPSA) is 84.9 Å². The molecule has 58 heavy (non-hydrogen) atoms. The summed E-state index contributed by atoms with van der Waals surface area (Å²) in [6.07, 6.45) is 1.34. The van der Waals surface area contributed by atoms with E-state index in [1.54, 1.807) is 4.90 Å². The van der Waals surface area contributed by atoms with Gasteiger partial charge in [0.25, 0.3) is 0 Å². The van der Waals surface area contributed by atoms with Crippen molar-refractivity contribution >= 4 is 18.0 Å². The van der Waals surface area contributed by atoms with Crippen LogP contribution in [-0.2, 0) is 45.1 Å². The van der Waals surface area contributed by atoms with Crippen molar-refractivity contribution in [3.05, 3.63) is 192 Å². The van der Waals surface area contributed by atoms with Crippen LogP contribution in [0.15, 0.2) is 170 Å². The molecule has 6 rings (SSSR count). The second-order valence-corrected chi connectivity index (χ2v) is 15.0.